The Balaban J connectivity index is 2.17. The van der Waals surface area contributed by atoms with E-state index in [1.807, 2.05) is 19.9 Å². The highest BCUT2D eigenvalue weighted by Gasteiger charge is 2.24. The van der Waals surface area contributed by atoms with E-state index in [1.165, 1.54) is 24.0 Å². The lowest BCUT2D eigenvalue weighted by Crippen LogP contribution is -2.31. The van der Waals surface area contributed by atoms with E-state index in [0.29, 0.717) is 19.1 Å². The van der Waals surface area contributed by atoms with Crippen LogP contribution in [0.2, 0.25) is 0 Å². The summed E-state index contributed by atoms with van der Waals surface area (Å²) in [5.41, 5.74) is 1.93. The molecule has 2 rings (SSSR count). The minimum atomic E-state index is -0.752. The second kappa shape index (κ2) is 6.59. The smallest absolute Gasteiger partial charge is 0.122 e. The number of hydrogen-bond donors (Lipinski definition) is 2. The first kappa shape index (κ1) is 15.3. The van der Waals surface area contributed by atoms with Gasteiger partial charge in [0.15, 0.2) is 0 Å². The van der Waals surface area contributed by atoms with Crippen molar-refractivity contribution in [2.45, 2.75) is 58.1 Å². The second-order valence-corrected chi connectivity index (χ2v) is 5.97. The largest absolute Gasteiger partial charge is 0.490 e. The van der Waals surface area contributed by atoms with E-state index in [9.17, 15) is 5.11 Å². The van der Waals surface area contributed by atoms with Gasteiger partial charge in [0.1, 0.15) is 12.4 Å². The van der Waals surface area contributed by atoms with Crippen LogP contribution in [0.15, 0.2) is 18.2 Å². The lowest BCUT2D eigenvalue weighted by atomic mass is 9.87. The van der Waals surface area contributed by atoms with Gasteiger partial charge in [-0.05, 0) is 56.3 Å². The number of rotatable bonds is 6. The number of aliphatic hydroxyl groups is 1. The molecular formula is C17H27NO2. The maximum Gasteiger partial charge on any atom is 0.122 e. The third-order valence-electron chi connectivity index (χ3n) is 4.22. The minimum Gasteiger partial charge on any atom is -0.490 e. The van der Waals surface area contributed by atoms with Crippen LogP contribution in [0.5, 0.6) is 5.75 Å². The zero-order valence-corrected chi connectivity index (χ0v) is 12.9. The first-order chi connectivity index (χ1) is 9.57. The average Bonchev–Trinajstić information content (AvgIpc) is 2.46. The number of nitrogens with one attached hydrogen (secondary N) is 1. The Hall–Kier alpha value is -1.06. The molecule has 2 unspecified atom stereocenters. The van der Waals surface area contributed by atoms with Gasteiger partial charge < -0.3 is 15.2 Å². The van der Waals surface area contributed by atoms with Gasteiger partial charge in [-0.1, -0.05) is 26.0 Å². The van der Waals surface area contributed by atoms with Crippen molar-refractivity contribution in [3.05, 3.63) is 29.3 Å². The maximum absolute atomic E-state index is 10.1. The summed E-state index contributed by atoms with van der Waals surface area (Å²) in [6, 6.07) is 6.73. The van der Waals surface area contributed by atoms with Gasteiger partial charge in [-0.15, -0.1) is 0 Å². The van der Waals surface area contributed by atoms with Gasteiger partial charge in [-0.3, -0.25) is 0 Å². The molecule has 0 saturated heterocycles. The third kappa shape index (κ3) is 3.53. The zero-order chi connectivity index (χ0) is 14.6. The molecule has 0 saturated carbocycles. The van der Waals surface area contributed by atoms with Crippen LogP contribution >= 0.6 is 0 Å². The summed E-state index contributed by atoms with van der Waals surface area (Å²) in [5.74, 6) is 0.943. The molecule has 1 aromatic rings. The van der Waals surface area contributed by atoms with Crippen molar-refractivity contribution in [1.29, 1.82) is 0 Å². The molecule has 0 fully saturated rings. The number of fused-ring (bicyclic) bond motifs is 1. The number of hydrogen-bond acceptors (Lipinski definition) is 3. The van der Waals surface area contributed by atoms with Crippen LogP contribution in [-0.4, -0.2) is 23.9 Å². The molecule has 0 bridgehead atoms. The molecule has 0 aromatic heterocycles. The van der Waals surface area contributed by atoms with Crippen LogP contribution in [0.1, 0.15) is 57.2 Å². The summed E-state index contributed by atoms with van der Waals surface area (Å²) in [7, 11) is 0. The van der Waals surface area contributed by atoms with E-state index < -0.39 is 5.60 Å². The summed E-state index contributed by atoms with van der Waals surface area (Å²) >= 11 is 0. The molecule has 112 valence electrons. The van der Waals surface area contributed by atoms with Crippen LogP contribution in [0.25, 0.3) is 0 Å². The molecule has 3 heteroatoms. The quantitative estimate of drug-likeness (QED) is 0.839. The summed E-state index contributed by atoms with van der Waals surface area (Å²) in [6.07, 6.45) is 4.15. The van der Waals surface area contributed by atoms with Crippen LogP contribution in [0.4, 0.5) is 0 Å². The average molecular weight is 277 g/mol. The normalized spacial score (nSPS) is 21.1. The van der Waals surface area contributed by atoms with Crippen molar-refractivity contribution >= 4 is 0 Å². The molecule has 0 amide bonds. The Kier molecular flexibility index (Phi) is 5.06. The van der Waals surface area contributed by atoms with Crippen LogP contribution in [0, 0.1) is 0 Å². The minimum absolute atomic E-state index is 0.353. The van der Waals surface area contributed by atoms with Gasteiger partial charge in [-0.2, -0.15) is 0 Å². The Morgan fingerprint density at radius 1 is 1.40 bits per heavy atom. The first-order valence-electron chi connectivity index (χ1n) is 7.77. The Morgan fingerprint density at radius 3 is 2.90 bits per heavy atom. The van der Waals surface area contributed by atoms with Gasteiger partial charge in [0, 0.05) is 6.04 Å². The standard InChI is InChI=1S/C17H27NO2/c1-4-17(3,19)12-20-16-11-7-8-13-14(16)9-6-10-15(13)18-5-2/h7-8,11,15,18-19H,4-6,9-10,12H2,1-3H3. The van der Waals surface area contributed by atoms with E-state index in [1.54, 1.807) is 0 Å². The molecule has 2 atom stereocenters. The maximum atomic E-state index is 10.1. The summed E-state index contributed by atoms with van der Waals surface area (Å²) in [6.45, 7) is 7.29. The van der Waals surface area contributed by atoms with Crippen molar-refractivity contribution in [2.75, 3.05) is 13.2 Å². The molecule has 1 aliphatic carbocycles. The fourth-order valence-corrected chi connectivity index (χ4v) is 2.74. The summed E-state index contributed by atoms with van der Waals surface area (Å²) in [5, 5.41) is 13.6. The van der Waals surface area contributed by atoms with Crippen LogP contribution in [-0.2, 0) is 6.42 Å². The molecule has 3 nitrogen and oxygen atoms in total. The van der Waals surface area contributed by atoms with Crippen LogP contribution < -0.4 is 10.1 Å². The van der Waals surface area contributed by atoms with Crippen LogP contribution in [0.3, 0.4) is 0 Å². The van der Waals surface area contributed by atoms with E-state index >= 15 is 0 Å². The van der Waals surface area contributed by atoms with Crippen molar-refractivity contribution < 1.29 is 9.84 Å². The molecule has 2 N–H and O–H groups in total. The zero-order valence-electron chi connectivity index (χ0n) is 12.9. The Bertz CT molecular complexity index is 443. The topological polar surface area (TPSA) is 41.5 Å². The predicted octanol–water partition coefficient (Wildman–Crippen LogP) is 3.21. The van der Waals surface area contributed by atoms with E-state index in [-0.39, 0.29) is 0 Å². The Morgan fingerprint density at radius 2 is 2.20 bits per heavy atom. The van der Waals surface area contributed by atoms with Gasteiger partial charge in [0.05, 0.1) is 5.60 Å². The summed E-state index contributed by atoms with van der Waals surface area (Å²) < 4.78 is 5.91. The van der Waals surface area contributed by atoms with Gasteiger partial charge >= 0.3 is 0 Å². The lowest BCUT2D eigenvalue weighted by molar-refractivity contribution is 0.00809. The van der Waals surface area contributed by atoms with Crippen molar-refractivity contribution in [3.63, 3.8) is 0 Å². The van der Waals surface area contributed by atoms with Crippen molar-refractivity contribution in [1.82, 2.24) is 5.32 Å². The van der Waals surface area contributed by atoms with E-state index in [4.69, 9.17) is 4.74 Å². The summed E-state index contributed by atoms with van der Waals surface area (Å²) in [4.78, 5) is 0. The van der Waals surface area contributed by atoms with Gasteiger partial charge in [0.2, 0.25) is 0 Å². The molecule has 20 heavy (non-hydrogen) atoms. The molecule has 1 aromatic carbocycles. The number of benzene rings is 1. The SMILES string of the molecule is CCNC1CCCc2c(OCC(C)(O)CC)cccc21. The lowest BCUT2D eigenvalue weighted by Gasteiger charge is -2.29. The highest BCUT2D eigenvalue weighted by molar-refractivity contribution is 5.43. The number of ether oxygens (including phenoxy) is 1. The molecule has 0 heterocycles. The highest BCUT2D eigenvalue weighted by Crippen LogP contribution is 2.35. The molecule has 0 aliphatic heterocycles. The van der Waals surface area contributed by atoms with E-state index in [2.05, 4.69) is 24.4 Å². The Labute approximate surface area is 122 Å². The monoisotopic (exact) mass is 277 g/mol. The van der Waals surface area contributed by atoms with Gasteiger partial charge in [0.25, 0.3) is 0 Å². The highest BCUT2D eigenvalue weighted by atomic mass is 16.5. The third-order valence-corrected chi connectivity index (χ3v) is 4.22. The van der Waals surface area contributed by atoms with Crippen molar-refractivity contribution in [2.24, 2.45) is 0 Å². The first-order valence-corrected chi connectivity index (χ1v) is 7.77. The second-order valence-electron chi connectivity index (χ2n) is 5.97. The molecule has 1 aliphatic rings. The predicted molar refractivity (Wildman–Crippen MR) is 82.2 cm³/mol. The molecular weight excluding hydrogens is 250 g/mol. The van der Waals surface area contributed by atoms with E-state index in [0.717, 1.165) is 18.7 Å². The fraction of sp³-hybridized carbons (Fsp3) is 0.647. The molecule has 0 spiro atoms. The van der Waals surface area contributed by atoms with Gasteiger partial charge in [-0.25, -0.2) is 0 Å². The molecule has 0 radical (unpaired) electrons. The van der Waals surface area contributed by atoms with Crippen molar-refractivity contribution in [3.8, 4) is 5.75 Å². The fourth-order valence-electron chi connectivity index (χ4n) is 2.74.